The van der Waals surface area contributed by atoms with E-state index in [1.807, 2.05) is 43.6 Å². The second-order valence-corrected chi connectivity index (χ2v) is 7.56. The van der Waals surface area contributed by atoms with E-state index in [2.05, 4.69) is 15.4 Å². The lowest BCUT2D eigenvalue weighted by atomic mass is 9.93. The molecule has 1 aliphatic rings. The van der Waals surface area contributed by atoms with Gasteiger partial charge in [-0.1, -0.05) is 29.8 Å². The van der Waals surface area contributed by atoms with Crippen molar-refractivity contribution in [3.8, 4) is 0 Å². The molecule has 1 atom stereocenters. The second-order valence-electron chi connectivity index (χ2n) is 5.89. The van der Waals surface area contributed by atoms with Crippen molar-refractivity contribution in [3.05, 3.63) is 62.7 Å². The number of rotatable bonds is 3. The molecule has 3 heterocycles. The van der Waals surface area contributed by atoms with Crippen molar-refractivity contribution in [1.29, 1.82) is 0 Å². The second kappa shape index (κ2) is 8.32. The lowest BCUT2D eigenvalue weighted by Gasteiger charge is -2.22. The number of nitrogens with zero attached hydrogens (tertiary/aromatic N) is 3. The topological polar surface area (TPSA) is 97.1 Å². The largest absolute Gasteiger partial charge is 0.483 e. The van der Waals surface area contributed by atoms with Gasteiger partial charge in [-0.15, -0.1) is 11.3 Å². The van der Waals surface area contributed by atoms with Gasteiger partial charge in [-0.3, -0.25) is 9.59 Å². The van der Waals surface area contributed by atoms with Crippen LogP contribution in [-0.2, 0) is 16.1 Å². The molecule has 1 amide bonds. The first-order valence-corrected chi connectivity index (χ1v) is 9.32. The molecule has 4 rings (SSSR count). The van der Waals surface area contributed by atoms with E-state index in [9.17, 15) is 4.79 Å². The van der Waals surface area contributed by atoms with Crippen LogP contribution in [0.1, 0.15) is 33.4 Å². The maximum Gasteiger partial charge on any atom is 0.290 e. The van der Waals surface area contributed by atoms with Gasteiger partial charge < -0.3 is 10.4 Å². The lowest BCUT2D eigenvalue weighted by Crippen LogP contribution is -2.24. The fourth-order valence-corrected chi connectivity index (χ4v) is 4.07. The van der Waals surface area contributed by atoms with Crippen molar-refractivity contribution < 1.29 is 14.7 Å². The van der Waals surface area contributed by atoms with Crippen LogP contribution < -0.4 is 5.32 Å². The number of hydrogen-bond donors (Lipinski definition) is 2. The Morgan fingerprint density at radius 1 is 1.41 bits per heavy atom. The summed E-state index contributed by atoms with van der Waals surface area (Å²) in [7, 11) is 0. The zero-order valence-electron chi connectivity index (χ0n) is 14.4. The number of carboxylic acid groups (broad SMARTS) is 1. The van der Waals surface area contributed by atoms with Crippen LogP contribution in [0.15, 0.2) is 36.7 Å². The fourth-order valence-electron chi connectivity index (χ4n) is 2.97. The molecule has 0 saturated carbocycles. The third-order valence-corrected chi connectivity index (χ3v) is 5.55. The van der Waals surface area contributed by atoms with E-state index in [1.54, 1.807) is 16.0 Å². The molecule has 1 unspecified atom stereocenters. The number of nitrogens with one attached hydrogen (secondary N) is 1. The van der Waals surface area contributed by atoms with Crippen molar-refractivity contribution in [2.45, 2.75) is 25.8 Å². The Bertz CT molecular complexity index is 969. The molecular formula is C18H17ClN4O3S. The third-order valence-electron chi connectivity index (χ3n) is 4.15. The van der Waals surface area contributed by atoms with Gasteiger partial charge in [0.15, 0.2) is 0 Å². The minimum absolute atomic E-state index is 0.000498. The maximum atomic E-state index is 12.2. The molecule has 1 aliphatic heterocycles. The monoisotopic (exact) mass is 404 g/mol. The van der Waals surface area contributed by atoms with Gasteiger partial charge in [0.1, 0.15) is 5.82 Å². The standard InChI is InChI=1S/C17H15ClN4OS.CH2O2/c1-10-19-8-15(24-10)12-6-16(23)21-17-13(12)7-20-22(17)9-11-4-2-3-5-14(11)18;2-1-3/h2-5,7-8,12H,6,9H2,1H3,(H,21,23);1H,(H,2,3). The normalized spacial score (nSPS) is 15.3. The summed E-state index contributed by atoms with van der Waals surface area (Å²) in [5.41, 5.74) is 2.00. The number of aryl methyl sites for hydroxylation is 1. The highest BCUT2D eigenvalue weighted by Gasteiger charge is 2.31. The van der Waals surface area contributed by atoms with Crippen LogP contribution in [0.25, 0.3) is 0 Å². The number of fused-ring (bicyclic) bond motifs is 1. The lowest BCUT2D eigenvalue weighted by molar-refractivity contribution is -0.123. The predicted octanol–water partition coefficient (Wildman–Crippen LogP) is 3.52. The summed E-state index contributed by atoms with van der Waals surface area (Å²) >= 11 is 7.87. The van der Waals surface area contributed by atoms with E-state index in [0.717, 1.165) is 26.8 Å². The summed E-state index contributed by atoms with van der Waals surface area (Å²) in [6, 6.07) is 7.66. The molecule has 7 nitrogen and oxygen atoms in total. The number of anilines is 1. The summed E-state index contributed by atoms with van der Waals surface area (Å²) < 4.78 is 1.80. The van der Waals surface area contributed by atoms with E-state index in [1.165, 1.54) is 0 Å². The summed E-state index contributed by atoms with van der Waals surface area (Å²) in [6.45, 7) is 2.24. The molecule has 0 spiro atoms. The maximum absolute atomic E-state index is 12.2. The zero-order chi connectivity index (χ0) is 19.4. The van der Waals surface area contributed by atoms with E-state index < -0.39 is 0 Å². The molecule has 1 aromatic carbocycles. The van der Waals surface area contributed by atoms with Gasteiger partial charge >= 0.3 is 0 Å². The van der Waals surface area contributed by atoms with Crippen LogP contribution in [0.2, 0.25) is 5.02 Å². The number of carbonyl (C=O) groups excluding carboxylic acids is 1. The molecule has 9 heteroatoms. The Kier molecular flexibility index (Phi) is 5.88. The van der Waals surface area contributed by atoms with Gasteiger partial charge in [0.25, 0.3) is 6.47 Å². The van der Waals surface area contributed by atoms with Crippen molar-refractivity contribution in [1.82, 2.24) is 14.8 Å². The quantitative estimate of drug-likeness (QED) is 0.651. The Hall–Kier alpha value is -2.71. The minimum atomic E-state index is -0.250. The summed E-state index contributed by atoms with van der Waals surface area (Å²) in [6.07, 6.45) is 4.12. The molecule has 0 saturated heterocycles. The number of thiazole rings is 1. The zero-order valence-corrected chi connectivity index (χ0v) is 16.0. The number of benzene rings is 1. The molecular weight excluding hydrogens is 388 g/mol. The van der Waals surface area contributed by atoms with Gasteiger partial charge in [-0.2, -0.15) is 5.10 Å². The highest BCUT2D eigenvalue weighted by molar-refractivity contribution is 7.11. The molecule has 0 aliphatic carbocycles. The first kappa shape index (κ1) is 19.1. The molecule has 2 aromatic heterocycles. The van der Waals surface area contributed by atoms with Crippen molar-refractivity contribution in [2.75, 3.05) is 5.32 Å². The summed E-state index contributed by atoms with van der Waals surface area (Å²) in [5, 5.41) is 16.0. The Balaban J connectivity index is 0.000000659. The Morgan fingerprint density at radius 3 is 2.81 bits per heavy atom. The van der Waals surface area contributed by atoms with E-state index >= 15 is 0 Å². The van der Waals surface area contributed by atoms with Crippen LogP contribution in [-0.4, -0.2) is 32.3 Å². The number of amides is 1. The number of hydrogen-bond acceptors (Lipinski definition) is 5. The van der Waals surface area contributed by atoms with E-state index in [4.69, 9.17) is 21.5 Å². The van der Waals surface area contributed by atoms with Crippen molar-refractivity contribution in [2.24, 2.45) is 0 Å². The van der Waals surface area contributed by atoms with Gasteiger partial charge in [-0.05, 0) is 18.6 Å². The van der Waals surface area contributed by atoms with Gasteiger partial charge in [0.05, 0.1) is 17.7 Å². The fraction of sp³-hybridized carbons (Fsp3) is 0.222. The van der Waals surface area contributed by atoms with Gasteiger partial charge in [-0.25, -0.2) is 9.67 Å². The number of carbonyl (C=O) groups is 2. The van der Waals surface area contributed by atoms with E-state index in [0.29, 0.717) is 18.0 Å². The Labute approximate surface area is 164 Å². The van der Waals surface area contributed by atoms with Crippen LogP contribution >= 0.6 is 22.9 Å². The van der Waals surface area contributed by atoms with Crippen LogP contribution in [0.4, 0.5) is 5.82 Å². The average Bonchev–Trinajstić information content (AvgIpc) is 3.24. The summed E-state index contributed by atoms with van der Waals surface area (Å²) in [5.74, 6) is 0.765. The average molecular weight is 405 g/mol. The highest BCUT2D eigenvalue weighted by atomic mass is 35.5. The van der Waals surface area contributed by atoms with Gasteiger partial charge in [0.2, 0.25) is 5.91 Å². The Morgan fingerprint density at radius 2 is 2.15 bits per heavy atom. The third kappa shape index (κ3) is 4.17. The molecule has 27 heavy (non-hydrogen) atoms. The first-order valence-electron chi connectivity index (χ1n) is 8.12. The molecule has 2 N–H and O–H groups in total. The first-order chi connectivity index (χ1) is 13.0. The molecule has 0 radical (unpaired) electrons. The molecule has 140 valence electrons. The van der Waals surface area contributed by atoms with E-state index in [-0.39, 0.29) is 18.3 Å². The van der Waals surface area contributed by atoms with Gasteiger partial charge in [0, 0.05) is 34.0 Å². The predicted molar refractivity (Wildman–Crippen MR) is 103 cm³/mol. The van der Waals surface area contributed by atoms with Crippen molar-refractivity contribution >= 4 is 41.1 Å². The molecule has 0 fully saturated rings. The number of halogens is 1. The SMILES string of the molecule is Cc1ncc(C2CC(=O)Nc3c2cnn3Cc2ccccc2Cl)s1.O=CO. The van der Waals surface area contributed by atoms with Crippen LogP contribution in [0, 0.1) is 6.92 Å². The highest BCUT2D eigenvalue weighted by Crippen LogP contribution is 2.39. The van der Waals surface area contributed by atoms with Crippen molar-refractivity contribution in [3.63, 3.8) is 0 Å². The van der Waals surface area contributed by atoms with Crippen LogP contribution in [0.3, 0.4) is 0 Å². The molecule has 0 bridgehead atoms. The minimum Gasteiger partial charge on any atom is -0.483 e. The van der Waals surface area contributed by atoms with Crippen LogP contribution in [0.5, 0.6) is 0 Å². The smallest absolute Gasteiger partial charge is 0.290 e. The molecule has 3 aromatic rings. The summed E-state index contributed by atoms with van der Waals surface area (Å²) in [4.78, 5) is 26.0. The number of aromatic nitrogens is 3.